The van der Waals surface area contributed by atoms with Gasteiger partial charge in [0.05, 0.1) is 13.2 Å². The summed E-state index contributed by atoms with van der Waals surface area (Å²) in [6.45, 7) is 3.00. The van der Waals surface area contributed by atoms with Crippen LogP contribution in [0.4, 0.5) is 0 Å². The van der Waals surface area contributed by atoms with Crippen molar-refractivity contribution in [2.45, 2.75) is 13.3 Å². The molecule has 0 aromatic heterocycles. The van der Waals surface area contributed by atoms with Gasteiger partial charge in [-0.1, -0.05) is 12.2 Å². The smallest absolute Gasteiger partial charge is 0.152 e. The van der Waals surface area contributed by atoms with Gasteiger partial charge in [-0.25, -0.2) is 0 Å². The first kappa shape index (κ1) is 8.21. The van der Waals surface area contributed by atoms with E-state index in [0.717, 1.165) is 13.0 Å². The third-order valence-corrected chi connectivity index (χ3v) is 1.53. The number of ether oxygens (including phenoxy) is 1. The van der Waals surface area contributed by atoms with Gasteiger partial charge in [0.2, 0.25) is 0 Å². The highest BCUT2D eigenvalue weighted by Gasteiger charge is 1.98. The molecule has 1 aliphatic rings. The molecule has 2 nitrogen and oxygen atoms in total. The normalized spacial score (nSPS) is 18.5. The topological polar surface area (TPSA) is 26.3 Å². The van der Waals surface area contributed by atoms with Crippen LogP contribution < -0.4 is 0 Å². The molecule has 0 fully saturated rings. The molecule has 0 spiro atoms. The van der Waals surface area contributed by atoms with Crippen LogP contribution in [-0.2, 0) is 9.53 Å². The van der Waals surface area contributed by atoms with Crippen LogP contribution in [0.2, 0.25) is 0 Å². The number of carbonyl (C=O) groups excluding carboxylic acids is 1. The van der Waals surface area contributed by atoms with Crippen molar-refractivity contribution in [3.63, 3.8) is 0 Å². The molecule has 0 saturated carbocycles. The molecular formula is C9H12O2. The molecule has 60 valence electrons. The molecule has 0 amide bonds. The Bertz CT molecular complexity index is 202. The zero-order valence-corrected chi connectivity index (χ0v) is 6.67. The zero-order chi connectivity index (χ0) is 8.10. The van der Waals surface area contributed by atoms with E-state index in [1.165, 1.54) is 5.57 Å². The molecular weight excluding hydrogens is 140 g/mol. The highest BCUT2D eigenvalue weighted by molar-refractivity contribution is 5.87. The van der Waals surface area contributed by atoms with E-state index < -0.39 is 0 Å². The van der Waals surface area contributed by atoms with Gasteiger partial charge in [-0.15, -0.1) is 0 Å². The molecule has 2 heteroatoms. The molecule has 0 radical (unpaired) electrons. The minimum Gasteiger partial charge on any atom is -0.377 e. The van der Waals surface area contributed by atoms with E-state index in [0.29, 0.717) is 6.61 Å². The number of carbonyl (C=O) groups is 1. The molecule has 0 saturated heterocycles. The van der Waals surface area contributed by atoms with Gasteiger partial charge in [-0.05, 0) is 25.0 Å². The van der Waals surface area contributed by atoms with Gasteiger partial charge < -0.3 is 4.74 Å². The van der Waals surface area contributed by atoms with Crippen LogP contribution in [0.15, 0.2) is 23.8 Å². The van der Waals surface area contributed by atoms with Gasteiger partial charge in [0.1, 0.15) is 0 Å². The summed E-state index contributed by atoms with van der Waals surface area (Å²) in [4.78, 5) is 10.5. The van der Waals surface area contributed by atoms with Crippen LogP contribution in [0, 0.1) is 0 Å². The van der Waals surface area contributed by atoms with Crippen LogP contribution in [0.3, 0.4) is 0 Å². The molecule has 1 rings (SSSR count). The molecule has 0 aromatic rings. The Kier molecular flexibility index (Phi) is 3.05. The van der Waals surface area contributed by atoms with E-state index in [9.17, 15) is 4.79 Å². The lowest BCUT2D eigenvalue weighted by Gasteiger charge is -2.08. The Hall–Kier alpha value is -0.890. The Balaban J connectivity index is 2.47. The molecule has 0 atom stereocenters. The molecule has 1 aliphatic heterocycles. The lowest BCUT2D eigenvalue weighted by Crippen LogP contribution is -2.02. The number of hydrogen-bond donors (Lipinski definition) is 0. The molecule has 0 bridgehead atoms. The Morgan fingerprint density at radius 3 is 3.09 bits per heavy atom. The summed E-state index contributed by atoms with van der Waals surface area (Å²) in [6, 6.07) is 0. The summed E-state index contributed by atoms with van der Waals surface area (Å²) in [5.74, 6) is 0.0948. The van der Waals surface area contributed by atoms with Crippen LogP contribution in [-0.4, -0.2) is 19.0 Å². The maximum absolute atomic E-state index is 10.5. The first-order valence-corrected chi connectivity index (χ1v) is 3.74. The van der Waals surface area contributed by atoms with E-state index in [-0.39, 0.29) is 5.78 Å². The van der Waals surface area contributed by atoms with Crippen molar-refractivity contribution in [2.24, 2.45) is 0 Å². The van der Waals surface area contributed by atoms with Crippen LogP contribution in [0.1, 0.15) is 13.3 Å². The second-order valence-electron chi connectivity index (χ2n) is 2.55. The fraction of sp³-hybridized carbons (Fsp3) is 0.444. The average molecular weight is 152 g/mol. The van der Waals surface area contributed by atoms with Crippen LogP contribution >= 0.6 is 0 Å². The predicted molar refractivity (Wildman–Crippen MR) is 43.3 cm³/mol. The van der Waals surface area contributed by atoms with Crippen LogP contribution in [0.25, 0.3) is 0 Å². The third kappa shape index (κ3) is 3.14. The van der Waals surface area contributed by atoms with E-state index in [1.807, 2.05) is 12.2 Å². The maximum atomic E-state index is 10.5. The first-order chi connectivity index (χ1) is 5.29. The Morgan fingerprint density at radius 2 is 2.55 bits per heavy atom. The standard InChI is InChI=1S/C9H12O2/c1-8(10)2-3-9-4-6-11-7-5-9/h2-4H,5-7H2,1H3/b3-2+. The van der Waals surface area contributed by atoms with Gasteiger partial charge in [0.15, 0.2) is 5.78 Å². The van der Waals surface area contributed by atoms with Gasteiger partial charge in [-0.2, -0.15) is 0 Å². The third-order valence-electron chi connectivity index (χ3n) is 1.53. The summed E-state index contributed by atoms with van der Waals surface area (Å²) in [7, 11) is 0. The summed E-state index contributed by atoms with van der Waals surface area (Å²) >= 11 is 0. The van der Waals surface area contributed by atoms with Crippen molar-refractivity contribution in [1.29, 1.82) is 0 Å². The summed E-state index contributed by atoms with van der Waals surface area (Å²) in [5, 5.41) is 0. The van der Waals surface area contributed by atoms with Crippen molar-refractivity contribution in [3.8, 4) is 0 Å². The molecule has 0 unspecified atom stereocenters. The summed E-state index contributed by atoms with van der Waals surface area (Å²) in [6.07, 6.45) is 6.38. The van der Waals surface area contributed by atoms with Gasteiger partial charge >= 0.3 is 0 Å². The number of allylic oxidation sites excluding steroid dienone is 2. The van der Waals surface area contributed by atoms with Gasteiger partial charge in [0, 0.05) is 0 Å². The van der Waals surface area contributed by atoms with Crippen molar-refractivity contribution in [3.05, 3.63) is 23.8 Å². The lowest BCUT2D eigenvalue weighted by molar-refractivity contribution is -0.112. The quantitative estimate of drug-likeness (QED) is 0.560. The molecule has 0 N–H and O–H groups in total. The van der Waals surface area contributed by atoms with Gasteiger partial charge in [-0.3, -0.25) is 4.79 Å². The first-order valence-electron chi connectivity index (χ1n) is 3.74. The van der Waals surface area contributed by atoms with E-state index >= 15 is 0 Å². The minimum absolute atomic E-state index is 0.0948. The van der Waals surface area contributed by atoms with Gasteiger partial charge in [0.25, 0.3) is 0 Å². The molecule has 1 heterocycles. The summed E-state index contributed by atoms with van der Waals surface area (Å²) < 4.78 is 5.11. The van der Waals surface area contributed by atoms with Crippen molar-refractivity contribution in [2.75, 3.05) is 13.2 Å². The largest absolute Gasteiger partial charge is 0.377 e. The Morgan fingerprint density at radius 1 is 1.73 bits per heavy atom. The Labute approximate surface area is 66.5 Å². The SMILES string of the molecule is CC(=O)/C=C/C1=CCOCC1. The lowest BCUT2D eigenvalue weighted by atomic mass is 10.1. The zero-order valence-electron chi connectivity index (χ0n) is 6.67. The second kappa shape index (κ2) is 4.09. The molecule has 0 aromatic carbocycles. The van der Waals surface area contributed by atoms with Crippen molar-refractivity contribution < 1.29 is 9.53 Å². The number of rotatable bonds is 2. The fourth-order valence-electron chi connectivity index (χ4n) is 0.917. The second-order valence-corrected chi connectivity index (χ2v) is 2.55. The average Bonchev–Trinajstić information content (AvgIpc) is 2.03. The predicted octanol–water partition coefficient (Wildman–Crippen LogP) is 1.48. The molecule has 0 aliphatic carbocycles. The highest BCUT2D eigenvalue weighted by Crippen LogP contribution is 2.08. The van der Waals surface area contributed by atoms with Crippen LogP contribution in [0.5, 0.6) is 0 Å². The van der Waals surface area contributed by atoms with Crippen molar-refractivity contribution in [1.82, 2.24) is 0 Å². The van der Waals surface area contributed by atoms with E-state index in [1.54, 1.807) is 13.0 Å². The van der Waals surface area contributed by atoms with Crippen molar-refractivity contribution >= 4 is 5.78 Å². The fourth-order valence-corrected chi connectivity index (χ4v) is 0.917. The summed E-state index contributed by atoms with van der Waals surface area (Å²) in [5.41, 5.74) is 1.20. The van der Waals surface area contributed by atoms with E-state index in [4.69, 9.17) is 4.74 Å². The highest BCUT2D eigenvalue weighted by atomic mass is 16.5. The number of ketones is 1. The molecule has 11 heavy (non-hydrogen) atoms. The monoisotopic (exact) mass is 152 g/mol. The van der Waals surface area contributed by atoms with E-state index in [2.05, 4.69) is 0 Å². The minimum atomic E-state index is 0.0948. The number of hydrogen-bond acceptors (Lipinski definition) is 2. The maximum Gasteiger partial charge on any atom is 0.152 e.